The highest BCUT2D eigenvalue weighted by Gasteiger charge is 2.32. The summed E-state index contributed by atoms with van der Waals surface area (Å²) in [6.07, 6.45) is 11.6. The predicted molar refractivity (Wildman–Crippen MR) is 109 cm³/mol. The third kappa shape index (κ3) is 5.62. The van der Waals surface area contributed by atoms with E-state index in [0.717, 1.165) is 44.1 Å². The Morgan fingerprint density at radius 3 is 2.67 bits per heavy atom. The Morgan fingerprint density at radius 2 is 2.04 bits per heavy atom. The molecule has 0 radical (unpaired) electrons. The number of hydrogen-bond acceptors (Lipinski definition) is 4. The number of fused-ring (bicyclic) bond motifs is 1. The van der Waals surface area contributed by atoms with Gasteiger partial charge in [-0.3, -0.25) is 4.79 Å². The Kier molecular flexibility index (Phi) is 7.11. The minimum Gasteiger partial charge on any atom is -0.507 e. The smallest absolute Gasteiger partial charge is 0.308 e. The summed E-state index contributed by atoms with van der Waals surface area (Å²) in [5.74, 6) is 0.696. The van der Waals surface area contributed by atoms with E-state index in [9.17, 15) is 9.90 Å². The zero-order valence-electron chi connectivity index (χ0n) is 17.2. The molecule has 0 fully saturated rings. The van der Waals surface area contributed by atoms with Crippen molar-refractivity contribution in [2.45, 2.75) is 78.7 Å². The van der Waals surface area contributed by atoms with Crippen LogP contribution in [0.15, 0.2) is 23.8 Å². The Balaban J connectivity index is 2.39. The average molecular weight is 373 g/mol. The molecule has 2 rings (SSSR count). The number of carbonyl (C=O) groups excluding carboxylic acids is 1. The second-order valence-electron chi connectivity index (χ2n) is 7.75. The zero-order valence-corrected chi connectivity index (χ0v) is 17.2. The van der Waals surface area contributed by atoms with Gasteiger partial charge < -0.3 is 14.6 Å². The van der Waals surface area contributed by atoms with E-state index in [4.69, 9.17) is 9.47 Å². The Bertz CT molecular complexity index is 741. The number of benzene rings is 1. The van der Waals surface area contributed by atoms with Crippen molar-refractivity contribution < 1.29 is 19.4 Å². The van der Waals surface area contributed by atoms with E-state index in [1.165, 1.54) is 12.5 Å². The van der Waals surface area contributed by atoms with E-state index in [1.54, 1.807) is 6.07 Å². The second kappa shape index (κ2) is 9.12. The van der Waals surface area contributed by atoms with Crippen molar-refractivity contribution in [3.8, 4) is 17.2 Å². The lowest BCUT2D eigenvalue weighted by molar-refractivity contribution is -0.132. The van der Waals surface area contributed by atoms with E-state index < -0.39 is 5.60 Å². The first-order valence-corrected chi connectivity index (χ1v) is 9.84. The SMILES string of the molecule is CCCCCc1cc(O)c2c(c1OC(C)=O)O[C@](C)(CCC=C(C)C)C=C2. The van der Waals surface area contributed by atoms with Crippen LogP contribution in [0.1, 0.15) is 77.8 Å². The Morgan fingerprint density at radius 1 is 1.30 bits per heavy atom. The van der Waals surface area contributed by atoms with Crippen LogP contribution in [-0.4, -0.2) is 16.7 Å². The third-order valence-corrected chi connectivity index (χ3v) is 4.76. The number of carbonyl (C=O) groups is 1. The van der Waals surface area contributed by atoms with Crippen molar-refractivity contribution in [3.63, 3.8) is 0 Å². The van der Waals surface area contributed by atoms with Crippen LogP contribution >= 0.6 is 0 Å². The molecule has 0 aliphatic carbocycles. The molecule has 0 unspecified atom stereocenters. The van der Waals surface area contributed by atoms with Gasteiger partial charge in [0.1, 0.15) is 11.4 Å². The first kappa shape index (κ1) is 21.1. The van der Waals surface area contributed by atoms with Gasteiger partial charge in [0.15, 0.2) is 11.5 Å². The van der Waals surface area contributed by atoms with Gasteiger partial charge in [-0.15, -0.1) is 0 Å². The number of unbranched alkanes of at least 4 members (excludes halogenated alkanes) is 2. The van der Waals surface area contributed by atoms with Crippen molar-refractivity contribution >= 4 is 12.0 Å². The number of aryl methyl sites for hydroxylation is 1. The lowest BCUT2D eigenvalue weighted by Crippen LogP contribution is -2.32. The number of phenols is 1. The fraction of sp³-hybridized carbons (Fsp3) is 0.522. The number of rotatable bonds is 8. The molecular weight excluding hydrogens is 340 g/mol. The molecule has 0 saturated heterocycles. The van der Waals surface area contributed by atoms with Crippen LogP contribution in [0.3, 0.4) is 0 Å². The summed E-state index contributed by atoms with van der Waals surface area (Å²) in [6.45, 7) is 9.71. The number of aromatic hydroxyl groups is 1. The first-order chi connectivity index (χ1) is 12.8. The second-order valence-corrected chi connectivity index (χ2v) is 7.75. The van der Waals surface area contributed by atoms with Crippen LogP contribution in [-0.2, 0) is 11.2 Å². The van der Waals surface area contributed by atoms with E-state index >= 15 is 0 Å². The lowest BCUT2D eigenvalue weighted by Gasteiger charge is -2.33. The minimum atomic E-state index is -0.512. The van der Waals surface area contributed by atoms with Crippen LogP contribution in [0, 0.1) is 0 Å². The van der Waals surface area contributed by atoms with Gasteiger partial charge in [-0.1, -0.05) is 31.4 Å². The topological polar surface area (TPSA) is 55.8 Å². The van der Waals surface area contributed by atoms with Gasteiger partial charge in [-0.2, -0.15) is 0 Å². The van der Waals surface area contributed by atoms with Gasteiger partial charge in [0.05, 0.1) is 5.56 Å². The van der Waals surface area contributed by atoms with E-state index in [0.29, 0.717) is 17.1 Å². The highest BCUT2D eigenvalue weighted by molar-refractivity contribution is 5.77. The maximum Gasteiger partial charge on any atom is 0.308 e. The monoisotopic (exact) mass is 372 g/mol. The highest BCUT2D eigenvalue weighted by atomic mass is 16.6. The van der Waals surface area contributed by atoms with E-state index in [-0.39, 0.29) is 11.7 Å². The molecule has 0 spiro atoms. The molecule has 4 heteroatoms. The summed E-state index contributed by atoms with van der Waals surface area (Å²) >= 11 is 0. The van der Waals surface area contributed by atoms with Crippen LogP contribution in [0.2, 0.25) is 0 Å². The molecule has 0 saturated carbocycles. The first-order valence-electron chi connectivity index (χ1n) is 9.84. The quantitative estimate of drug-likeness (QED) is 0.265. The van der Waals surface area contributed by atoms with Gasteiger partial charge in [-0.05, 0) is 64.7 Å². The summed E-state index contributed by atoms with van der Waals surface area (Å²) in [5, 5.41) is 10.5. The predicted octanol–water partition coefficient (Wildman–Crippen LogP) is 5.96. The molecule has 148 valence electrons. The number of ether oxygens (including phenoxy) is 2. The lowest BCUT2D eigenvalue weighted by atomic mass is 9.93. The summed E-state index contributed by atoms with van der Waals surface area (Å²) in [5.41, 5.74) is 2.15. The average Bonchev–Trinajstić information content (AvgIpc) is 2.57. The zero-order chi connectivity index (χ0) is 20.0. The summed E-state index contributed by atoms with van der Waals surface area (Å²) in [7, 11) is 0. The molecule has 1 aliphatic rings. The van der Waals surface area contributed by atoms with Crippen LogP contribution < -0.4 is 9.47 Å². The molecule has 1 atom stereocenters. The minimum absolute atomic E-state index is 0.162. The van der Waals surface area contributed by atoms with E-state index in [2.05, 4.69) is 26.8 Å². The molecule has 0 aromatic heterocycles. The van der Waals surface area contributed by atoms with Gasteiger partial charge in [0.2, 0.25) is 0 Å². The molecule has 1 heterocycles. The normalized spacial score (nSPS) is 17.8. The molecule has 27 heavy (non-hydrogen) atoms. The van der Waals surface area contributed by atoms with Crippen molar-refractivity contribution in [3.05, 3.63) is 34.9 Å². The van der Waals surface area contributed by atoms with Crippen LogP contribution in [0.4, 0.5) is 0 Å². The van der Waals surface area contributed by atoms with E-state index in [1.807, 2.05) is 19.1 Å². The van der Waals surface area contributed by atoms with Gasteiger partial charge in [-0.25, -0.2) is 0 Å². The van der Waals surface area contributed by atoms with Crippen molar-refractivity contribution in [1.82, 2.24) is 0 Å². The molecule has 1 aromatic rings. The molecule has 1 N–H and O–H groups in total. The van der Waals surface area contributed by atoms with Crippen molar-refractivity contribution in [1.29, 1.82) is 0 Å². The standard InChI is InChI=1S/C23H32O4/c1-6-7-8-11-18-15-20(25)19-12-14-23(5,13-9-10-16(2)3)27-22(19)21(18)26-17(4)24/h10,12,14-15,25H,6-9,11,13H2,1-5H3/t23-/m1/s1. The number of allylic oxidation sites excluding steroid dienone is 2. The largest absolute Gasteiger partial charge is 0.507 e. The maximum absolute atomic E-state index is 11.7. The summed E-state index contributed by atoms with van der Waals surface area (Å²) < 4.78 is 11.9. The molecule has 4 nitrogen and oxygen atoms in total. The molecular formula is C23H32O4. The number of phenolic OH excluding ortho intramolecular Hbond substituents is 1. The summed E-state index contributed by atoms with van der Waals surface area (Å²) in [4.78, 5) is 11.7. The van der Waals surface area contributed by atoms with Gasteiger partial charge >= 0.3 is 5.97 Å². The van der Waals surface area contributed by atoms with Crippen molar-refractivity contribution in [2.75, 3.05) is 0 Å². The van der Waals surface area contributed by atoms with Crippen LogP contribution in [0.5, 0.6) is 17.2 Å². The maximum atomic E-state index is 11.7. The number of hydrogen-bond donors (Lipinski definition) is 1. The van der Waals surface area contributed by atoms with Crippen LogP contribution in [0.25, 0.3) is 6.08 Å². The van der Waals surface area contributed by atoms with Crippen molar-refractivity contribution in [2.24, 2.45) is 0 Å². The molecule has 0 bridgehead atoms. The molecule has 1 aromatic carbocycles. The highest BCUT2D eigenvalue weighted by Crippen LogP contribution is 2.47. The fourth-order valence-electron chi connectivity index (χ4n) is 3.27. The van der Waals surface area contributed by atoms with Gasteiger partial charge in [0, 0.05) is 12.5 Å². The molecule has 0 amide bonds. The molecule has 1 aliphatic heterocycles. The fourth-order valence-corrected chi connectivity index (χ4v) is 3.27. The Labute approximate surface area is 162 Å². The van der Waals surface area contributed by atoms with Gasteiger partial charge in [0.25, 0.3) is 0 Å². The Hall–Kier alpha value is -2.23. The summed E-state index contributed by atoms with van der Waals surface area (Å²) in [6, 6.07) is 1.70. The third-order valence-electron chi connectivity index (χ3n) is 4.76. The number of esters is 1.